The van der Waals surface area contributed by atoms with Crippen LogP contribution in [0.15, 0.2) is 41.4 Å². The summed E-state index contributed by atoms with van der Waals surface area (Å²) in [6.45, 7) is 4.94. The second-order valence-electron chi connectivity index (χ2n) is 8.19. The first kappa shape index (κ1) is 26.7. The zero-order valence-corrected chi connectivity index (χ0v) is 19.5. The van der Waals surface area contributed by atoms with E-state index in [0.29, 0.717) is 12.4 Å². The number of Topliss-reactive ketones (excluding diaryl/α,β-unsaturated/α-hetero) is 1. The molecule has 1 aliphatic rings. The van der Waals surface area contributed by atoms with Crippen LogP contribution in [0.25, 0.3) is 0 Å². The number of piperidine rings is 1. The Balaban J connectivity index is 2.17. The van der Waals surface area contributed by atoms with E-state index in [1.807, 2.05) is 0 Å². The molecule has 1 fully saturated rings. The lowest BCUT2D eigenvalue weighted by Crippen LogP contribution is -2.53. The molecular weight excluding hydrogens is 452 g/mol. The molecule has 9 nitrogen and oxygen atoms in total. The Morgan fingerprint density at radius 3 is 2.47 bits per heavy atom. The monoisotopic (exact) mass is 479 g/mol. The van der Waals surface area contributed by atoms with Gasteiger partial charge in [0.15, 0.2) is 17.8 Å². The number of carbonyl (C=O) groups excluding carboxylic acids is 4. The van der Waals surface area contributed by atoms with Crippen LogP contribution in [0.1, 0.15) is 26.3 Å². The maximum absolute atomic E-state index is 13.7. The Hall–Kier alpha value is -3.60. The topological polar surface area (TPSA) is 114 Å². The predicted octanol–water partition coefficient (Wildman–Crippen LogP) is 1.54. The number of carbonyl (C=O) groups is 4. The van der Waals surface area contributed by atoms with E-state index < -0.39 is 47.2 Å². The Morgan fingerprint density at radius 2 is 1.91 bits per heavy atom. The van der Waals surface area contributed by atoms with Crippen LogP contribution in [-0.4, -0.2) is 55.7 Å². The van der Waals surface area contributed by atoms with Gasteiger partial charge in [-0.2, -0.15) is 0 Å². The van der Waals surface area contributed by atoms with Crippen molar-refractivity contribution in [3.63, 3.8) is 0 Å². The third-order valence-corrected chi connectivity index (χ3v) is 5.49. The van der Waals surface area contributed by atoms with Crippen molar-refractivity contribution >= 4 is 23.9 Å². The standard InChI is InChI=1S/C23H27F2N3O6/c1-13(22(32)27-26-19(30)8-14-6-7-15(24)9-16(14)25)10-28-11-18(34-5)23(2,3)21(31)20(28)17(12-29)33-4/h6-7,9-10,12,18H,8,11H2,1-5H3,(H,26,30)(H,27,32)/b13-10+,20-17+. The van der Waals surface area contributed by atoms with Gasteiger partial charge in [-0.1, -0.05) is 6.07 Å². The van der Waals surface area contributed by atoms with Crippen LogP contribution in [0.2, 0.25) is 0 Å². The van der Waals surface area contributed by atoms with E-state index in [2.05, 4.69) is 10.9 Å². The van der Waals surface area contributed by atoms with Crippen LogP contribution in [0.3, 0.4) is 0 Å². The molecule has 1 atom stereocenters. The van der Waals surface area contributed by atoms with Gasteiger partial charge in [0, 0.05) is 24.9 Å². The van der Waals surface area contributed by atoms with Crippen LogP contribution < -0.4 is 10.9 Å². The average Bonchev–Trinajstić information content (AvgIpc) is 2.78. The van der Waals surface area contributed by atoms with Crippen LogP contribution in [0.5, 0.6) is 0 Å². The van der Waals surface area contributed by atoms with Gasteiger partial charge < -0.3 is 14.4 Å². The fourth-order valence-corrected chi connectivity index (χ4v) is 3.42. The first-order chi connectivity index (χ1) is 16.0. The van der Waals surface area contributed by atoms with Gasteiger partial charge in [0.1, 0.15) is 17.3 Å². The van der Waals surface area contributed by atoms with Crippen LogP contribution in [-0.2, 0) is 35.1 Å². The minimum atomic E-state index is -0.957. The summed E-state index contributed by atoms with van der Waals surface area (Å²) in [7, 11) is 2.70. The summed E-state index contributed by atoms with van der Waals surface area (Å²) in [4.78, 5) is 50.5. The summed E-state index contributed by atoms with van der Waals surface area (Å²) in [6.07, 6.45) is 0.759. The van der Waals surface area contributed by atoms with Gasteiger partial charge in [0.05, 0.1) is 31.6 Å². The number of aldehydes is 1. The molecule has 0 radical (unpaired) electrons. The fraction of sp³-hybridized carbons (Fsp3) is 0.391. The fourth-order valence-electron chi connectivity index (χ4n) is 3.42. The number of nitrogens with zero attached hydrogens (tertiary/aromatic N) is 1. The number of amides is 2. The van der Waals surface area contributed by atoms with Crippen LogP contribution in [0, 0.1) is 17.0 Å². The van der Waals surface area contributed by atoms with Crippen LogP contribution in [0.4, 0.5) is 8.78 Å². The maximum atomic E-state index is 13.7. The van der Waals surface area contributed by atoms with Crippen molar-refractivity contribution in [1.82, 2.24) is 15.8 Å². The second kappa shape index (κ2) is 11.0. The summed E-state index contributed by atoms with van der Waals surface area (Å²) in [5.41, 5.74) is 3.38. The Morgan fingerprint density at radius 1 is 1.24 bits per heavy atom. The number of hydrogen-bond acceptors (Lipinski definition) is 7. The highest BCUT2D eigenvalue weighted by Crippen LogP contribution is 2.36. The molecule has 2 amide bonds. The van der Waals surface area contributed by atoms with Gasteiger partial charge in [-0.3, -0.25) is 30.0 Å². The number of halogens is 2. The van der Waals surface area contributed by atoms with E-state index >= 15 is 0 Å². The summed E-state index contributed by atoms with van der Waals surface area (Å²) < 4.78 is 37.2. The average molecular weight is 479 g/mol. The van der Waals surface area contributed by atoms with Crippen LogP contribution >= 0.6 is 0 Å². The molecule has 1 saturated heterocycles. The number of ether oxygens (including phenoxy) is 2. The van der Waals surface area contributed by atoms with Crippen molar-refractivity contribution in [3.05, 3.63) is 58.6 Å². The molecule has 2 N–H and O–H groups in total. The number of methoxy groups -OCH3 is 2. The van der Waals surface area contributed by atoms with Gasteiger partial charge in [0.2, 0.25) is 5.91 Å². The number of hydrazine groups is 1. The van der Waals surface area contributed by atoms with Crippen molar-refractivity contribution in [2.24, 2.45) is 5.41 Å². The van der Waals surface area contributed by atoms with Gasteiger partial charge in [-0.15, -0.1) is 0 Å². The zero-order valence-electron chi connectivity index (χ0n) is 19.5. The minimum Gasteiger partial charge on any atom is -0.491 e. The second-order valence-corrected chi connectivity index (χ2v) is 8.19. The van der Waals surface area contributed by atoms with E-state index in [1.165, 1.54) is 32.2 Å². The Labute approximate surface area is 195 Å². The third-order valence-electron chi connectivity index (χ3n) is 5.49. The first-order valence-electron chi connectivity index (χ1n) is 10.2. The van der Waals surface area contributed by atoms with Gasteiger partial charge >= 0.3 is 0 Å². The molecule has 0 saturated carbocycles. The lowest BCUT2D eigenvalue weighted by atomic mass is 9.76. The van der Waals surface area contributed by atoms with Crippen molar-refractivity contribution < 1.29 is 37.4 Å². The Kier molecular flexibility index (Phi) is 8.63. The molecule has 184 valence electrons. The summed E-state index contributed by atoms with van der Waals surface area (Å²) in [5.74, 6) is -3.72. The molecule has 1 unspecified atom stereocenters. The van der Waals surface area contributed by atoms with Crippen molar-refractivity contribution in [3.8, 4) is 0 Å². The first-order valence-corrected chi connectivity index (χ1v) is 10.2. The molecule has 0 aromatic heterocycles. The molecule has 1 aromatic carbocycles. The third kappa shape index (κ3) is 5.84. The molecule has 1 aromatic rings. The van der Waals surface area contributed by atoms with E-state index in [9.17, 15) is 28.0 Å². The molecule has 2 rings (SSSR count). The molecule has 1 heterocycles. The lowest BCUT2D eigenvalue weighted by Gasteiger charge is -2.42. The minimum absolute atomic E-state index is 0.0289. The molecule has 0 spiro atoms. The summed E-state index contributed by atoms with van der Waals surface area (Å²) in [6, 6.07) is 2.80. The highest BCUT2D eigenvalue weighted by Gasteiger charge is 2.47. The Bertz CT molecular complexity index is 1050. The number of allylic oxidation sites excluding steroid dienone is 2. The number of likely N-dealkylation sites (tertiary alicyclic amines) is 1. The number of nitrogens with one attached hydrogen (secondary N) is 2. The maximum Gasteiger partial charge on any atom is 0.266 e. The number of rotatable bonds is 7. The lowest BCUT2D eigenvalue weighted by molar-refractivity contribution is -0.138. The zero-order chi connectivity index (χ0) is 25.6. The smallest absolute Gasteiger partial charge is 0.266 e. The van der Waals surface area contributed by atoms with Gasteiger partial charge in [-0.25, -0.2) is 8.78 Å². The normalized spacial score (nSPS) is 19.4. The number of benzene rings is 1. The highest BCUT2D eigenvalue weighted by molar-refractivity contribution is 6.04. The van der Waals surface area contributed by atoms with Crippen molar-refractivity contribution in [2.45, 2.75) is 33.3 Å². The largest absolute Gasteiger partial charge is 0.491 e. The number of ketones is 1. The quantitative estimate of drug-likeness (QED) is 0.264. The van der Waals surface area contributed by atoms with Crippen molar-refractivity contribution in [2.75, 3.05) is 20.8 Å². The summed E-state index contributed by atoms with van der Waals surface area (Å²) >= 11 is 0. The SMILES string of the molecule is CO/C(C=O)=C1\C(=O)C(C)(C)C(OC)CN1/C=C(\C)C(=O)NNC(=O)Cc1ccc(F)cc1F. The molecule has 1 aliphatic heterocycles. The van der Waals surface area contributed by atoms with Gasteiger partial charge in [-0.05, 0) is 32.4 Å². The molecule has 0 aliphatic carbocycles. The predicted molar refractivity (Wildman–Crippen MR) is 116 cm³/mol. The van der Waals surface area contributed by atoms with E-state index in [4.69, 9.17) is 9.47 Å². The van der Waals surface area contributed by atoms with E-state index in [-0.39, 0.29) is 29.1 Å². The number of hydrogen-bond donors (Lipinski definition) is 2. The molecular formula is C23H27F2N3O6. The summed E-state index contributed by atoms with van der Waals surface area (Å²) in [5, 5.41) is 0. The van der Waals surface area contributed by atoms with E-state index in [0.717, 1.165) is 12.1 Å². The highest BCUT2D eigenvalue weighted by atomic mass is 19.1. The molecule has 11 heteroatoms. The molecule has 0 bridgehead atoms. The van der Waals surface area contributed by atoms with Gasteiger partial charge in [0.25, 0.3) is 5.91 Å². The van der Waals surface area contributed by atoms with E-state index in [1.54, 1.807) is 13.8 Å². The van der Waals surface area contributed by atoms with Crippen molar-refractivity contribution in [1.29, 1.82) is 0 Å². The molecule has 34 heavy (non-hydrogen) atoms.